The zero-order chi connectivity index (χ0) is 25.2. The van der Waals surface area contributed by atoms with Crippen LogP contribution in [0.15, 0.2) is 83.0 Å². The minimum absolute atomic E-state index is 0.0342. The Morgan fingerprint density at radius 1 is 1.06 bits per heavy atom. The number of fused-ring (bicyclic) bond motifs is 1. The van der Waals surface area contributed by atoms with Gasteiger partial charge in [-0.1, -0.05) is 23.7 Å². The van der Waals surface area contributed by atoms with Crippen LogP contribution in [-0.4, -0.2) is 36.4 Å². The van der Waals surface area contributed by atoms with E-state index in [1.54, 1.807) is 47.3 Å². The molecule has 0 amide bonds. The Bertz CT molecular complexity index is 1480. The molecule has 0 atom stereocenters. The van der Waals surface area contributed by atoms with Gasteiger partial charge in [0.1, 0.15) is 16.3 Å². The van der Waals surface area contributed by atoms with Crippen molar-refractivity contribution in [3.63, 3.8) is 0 Å². The number of carbonyl (C=O) groups is 1. The summed E-state index contributed by atoms with van der Waals surface area (Å²) < 4.78 is 70.4. The van der Waals surface area contributed by atoms with E-state index in [1.165, 1.54) is 18.2 Å². The number of aryl methyl sites for hydroxylation is 1. The average Bonchev–Trinajstić information content (AvgIpc) is 3.29. The van der Waals surface area contributed by atoms with Gasteiger partial charge in [-0.3, -0.25) is 4.79 Å². The second kappa shape index (κ2) is 9.71. The second-order valence-corrected chi connectivity index (χ2v) is 10.0. The molecule has 6 nitrogen and oxygen atoms in total. The van der Waals surface area contributed by atoms with E-state index in [-0.39, 0.29) is 22.1 Å². The van der Waals surface area contributed by atoms with E-state index in [2.05, 4.69) is 4.98 Å². The van der Waals surface area contributed by atoms with Crippen LogP contribution in [0.1, 0.15) is 22.3 Å². The number of aromatic nitrogens is 2. The van der Waals surface area contributed by atoms with Crippen LogP contribution in [0.2, 0.25) is 5.02 Å². The highest BCUT2D eigenvalue weighted by Crippen LogP contribution is 2.33. The molecule has 2 heterocycles. The molecular formula is C24H18ClF3N2O4S. The maximum absolute atomic E-state index is 13.1. The van der Waals surface area contributed by atoms with Crippen molar-refractivity contribution in [3.05, 3.63) is 89.3 Å². The summed E-state index contributed by atoms with van der Waals surface area (Å²) in [6, 6.07) is 12.6. The van der Waals surface area contributed by atoms with E-state index in [9.17, 15) is 26.4 Å². The highest BCUT2D eigenvalue weighted by atomic mass is 35.5. The van der Waals surface area contributed by atoms with Crippen LogP contribution in [0.4, 0.5) is 13.2 Å². The van der Waals surface area contributed by atoms with Crippen molar-refractivity contribution in [3.8, 4) is 5.75 Å². The number of sulfone groups is 1. The molecule has 0 saturated carbocycles. The predicted molar refractivity (Wildman–Crippen MR) is 123 cm³/mol. The third-order valence-electron chi connectivity index (χ3n) is 5.17. The minimum Gasteiger partial charge on any atom is -0.483 e. The van der Waals surface area contributed by atoms with Gasteiger partial charge >= 0.3 is 6.18 Å². The van der Waals surface area contributed by atoms with Gasteiger partial charge in [-0.05, 0) is 54.4 Å². The van der Waals surface area contributed by atoms with Gasteiger partial charge in [-0.25, -0.2) is 13.4 Å². The number of benzene rings is 2. The van der Waals surface area contributed by atoms with Gasteiger partial charge in [0.2, 0.25) is 9.84 Å². The average molecular weight is 523 g/mol. The topological polar surface area (TPSA) is 77.7 Å². The lowest BCUT2D eigenvalue weighted by Gasteiger charge is -2.14. The Labute approximate surface area is 203 Å². The summed E-state index contributed by atoms with van der Waals surface area (Å²) in [5.74, 6) is -0.529. The fourth-order valence-electron chi connectivity index (χ4n) is 3.42. The molecule has 0 N–H and O–H groups in total. The van der Waals surface area contributed by atoms with Crippen molar-refractivity contribution in [1.29, 1.82) is 0 Å². The summed E-state index contributed by atoms with van der Waals surface area (Å²) in [4.78, 5) is 16.1. The fraction of sp³-hybridized carbons (Fsp3) is 0.167. The molecule has 0 aliphatic rings. The number of rotatable bonds is 8. The quantitative estimate of drug-likeness (QED) is 0.282. The molecule has 0 saturated heterocycles. The van der Waals surface area contributed by atoms with Crippen molar-refractivity contribution in [2.45, 2.75) is 28.8 Å². The van der Waals surface area contributed by atoms with Gasteiger partial charge in [0.25, 0.3) is 0 Å². The molecule has 0 unspecified atom stereocenters. The molecule has 0 spiro atoms. The number of hydrogen-bond acceptors (Lipinski definition) is 5. The summed E-state index contributed by atoms with van der Waals surface area (Å²) in [7, 11) is -4.22. The third kappa shape index (κ3) is 5.83. The number of imidazole rings is 1. The van der Waals surface area contributed by atoms with Crippen molar-refractivity contribution >= 4 is 32.9 Å². The number of ether oxygens (including phenoxy) is 1. The SMILES string of the molecule is O=C(CCc1ccc(S(=O)(=O)c2cc(Cl)ccc2OCC(F)(F)F)cc1)c1ccc2nccn2c1. The van der Waals surface area contributed by atoms with Gasteiger partial charge in [0.15, 0.2) is 12.4 Å². The Morgan fingerprint density at radius 3 is 2.51 bits per heavy atom. The van der Waals surface area contributed by atoms with Gasteiger partial charge in [-0.2, -0.15) is 13.2 Å². The molecule has 0 fully saturated rings. The number of hydrogen-bond donors (Lipinski definition) is 0. The Kier molecular flexibility index (Phi) is 6.86. The molecule has 2 aromatic carbocycles. The van der Waals surface area contributed by atoms with Crippen molar-refractivity contribution in [2.75, 3.05) is 6.61 Å². The van der Waals surface area contributed by atoms with Crippen LogP contribution in [0.25, 0.3) is 5.65 Å². The number of ketones is 1. The van der Waals surface area contributed by atoms with Crippen LogP contribution in [-0.2, 0) is 16.3 Å². The molecule has 182 valence electrons. The predicted octanol–water partition coefficient (Wildman–Crippen LogP) is 5.58. The van der Waals surface area contributed by atoms with Crippen LogP contribution in [0.3, 0.4) is 0 Å². The van der Waals surface area contributed by atoms with E-state index < -0.39 is 33.3 Å². The molecule has 0 bridgehead atoms. The van der Waals surface area contributed by atoms with Gasteiger partial charge < -0.3 is 9.14 Å². The van der Waals surface area contributed by atoms with Crippen molar-refractivity contribution < 1.29 is 31.1 Å². The largest absolute Gasteiger partial charge is 0.483 e. The summed E-state index contributed by atoms with van der Waals surface area (Å²) in [6.07, 6.45) is 1.01. The van der Waals surface area contributed by atoms with Gasteiger partial charge in [-0.15, -0.1) is 0 Å². The van der Waals surface area contributed by atoms with Crippen LogP contribution in [0.5, 0.6) is 5.75 Å². The maximum atomic E-state index is 13.1. The van der Waals surface area contributed by atoms with E-state index in [1.807, 2.05) is 0 Å². The minimum atomic E-state index is -4.63. The summed E-state index contributed by atoms with van der Waals surface area (Å²) in [5, 5.41) is 0.0342. The molecule has 0 aliphatic heterocycles. The van der Waals surface area contributed by atoms with Gasteiger partial charge in [0, 0.05) is 35.6 Å². The first-order chi connectivity index (χ1) is 16.5. The maximum Gasteiger partial charge on any atom is 0.422 e. The second-order valence-electron chi connectivity index (χ2n) is 7.68. The van der Waals surface area contributed by atoms with Crippen molar-refractivity contribution in [1.82, 2.24) is 9.38 Å². The number of carbonyl (C=O) groups excluding carboxylic acids is 1. The zero-order valence-corrected chi connectivity index (χ0v) is 19.6. The first-order valence-corrected chi connectivity index (χ1v) is 12.2. The molecular weight excluding hydrogens is 505 g/mol. The lowest BCUT2D eigenvalue weighted by Crippen LogP contribution is -2.20. The monoisotopic (exact) mass is 522 g/mol. The van der Waals surface area contributed by atoms with Crippen LogP contribution in [0, 0.1) is 0 Å². The summed E-state index contributed by atoms with van der Waals surface area (Å²) in [6.45, 7) is -1.64. The molecule has 11 heteroatoms. The molecule has 0 radical (unpaired) electrons. The van der Waals surface area contributed by atoms with Gasteiger partial charge in [0.05, 0.1) is 4.90 Å². The number of Topliss-reactive ketones (excluding diaryl/α,β-unsaturated/α-hetero) is 1. The highest BCUT2D eigenvalue weighted by Gasteiger charge is 2.30. The molecule has 4 rings (SSSR count). The molecule has 4 aromatic rings. The third-order valence-corrected chi connectivity index (χ3v) is 7.20. The van der Waals surface area contributed by atoms with Crippen LogP contribution < -0.4 is 4.74 Å². The first-order valence-electron chi connectivity index (χ1n) is 10.3. The Morgan fingerprint density at radius 2 is 1.80 bits per heavy atom. The summed E-state index contributed by atoms with van der Waals surface area (Å²) >= 11 is 5.89. The van der Waals surface area contributed by atoms with Crippen LogP contribution >= 0.6 is 11.6 Å². The Balaban J connectivity index is 1.49. The van der Waals surface area contributed by atoms with E-state index >= 15 is 0 Å². The fourth-order valence-corrected chi connectivity index (χ4v) is 5.08. The molecule has 0 aliphatic carbocycles. The lowest BCUT2D eigenvalue weighted by molar-refractivity contribution is -0.153. The van der Waals surface area contributed by atoms with E-state index in [4.69, 9.17) is 16.3 Å². The Hall–Kier alpha value is -3.37. The molecule has 2 aromatic heterocycles. The van der Waals surface area contributed by atoms with E-state index in [0.717, 1.165) is 23.3 Å². The number of alkyl halides is 3. The highest BCUT2D eigenvalue weighted by molar-refractivity contribution is 7.91. The molecule has 35 heavy (non-hydrogen) atoms. The zero-order valence-electron chi connectivity index (χ0n) is 18.0. The lowest BCUT2D eigenvalue weighted by atomic mass is 10.0. The normalized spacial score (nSPS) is 12.1. The first kappa shape index (κ1) is 24.7. The number of halogens is 4. The number of nitrogens with zero attached hydrogens (tertiary/aromatic N) is 2. The standard InChI is InChI=1S/C24H18ClF3N2O4S/c25-18-5-9-21(34-15-24(26,27)28)22(13-18)35(32,33)19-6-1-16(2-7-19)3-8-20(31)17-4-10-23-29-11-12-30(23)14-17/h1-2,4-7,9-14H,3,8,15H2. The summed E-state index contributed by atoms with van der Waals surface area (Å²) in [5.41, 5.74) is 1.98. The smallest absolute Gasteiger partial charge is 0.422 e. The number of pyridine rings is 1. The van der Waals surface area contributed by atoms with Crippen molar-refractivity contribution in [2.24, 2.45) is 0 Å². The van der Waals surface area contributed by atoms with E-state index in [0.29, 0.717) is 12.0 Å².